The predicted octanol–water partition coefficient (Wildman–Crippen LogP) is 3.09. The van der Waals surface area contributed by atoms with Gasteiger partial charge in [-0.2, -0.15) is 4.31 Å². The van der Waals surface area contributed by atoms with Crippen LogP contribution in [0.1, 0.15) is 18.4 Å². The highest BCUT2D eigenvalue weighted by molar-refractivity contribution is 9.09. The summed E-state index contributed by atoms with van der Waals surface area (Å²) >= 11 is 3.54. The summed E-state index contributed by atoms with van der Waals surface area (Å²) in [6.45, 7) is 3.05. The fourth-order valence-corrected chi connectivity index (χ4v) is 5.33. The molecule has 1 saturated heterocycles. The van der Waals surface area contributed by atoms with Crippen LogP contribution in [0.15, 0.2) is 35.4 Å². The molecule has 4 nitrogen and oxygen atoms in total. The highest BCUT2D eigenvalue weighted by Crippen LogP contribution is 2.29. The minimum absolute atomic E-state index is 0.232. The number of hydrogen-bond donors (Lipinski definition) is 0. The lowest BCUT2D eigenvalue weighted by atomic mass is 10.1. The van der Waals surface area contributed by atoms with Gasteiger partial charge < -0.3 is 0 Å². The standard InChI is InChI=1S/C15H17BrN2O2S/c1-11-6-7-14(13-5-2-8-17-15(11)13)21(19,20)18-9-3-4-12(16)10-18/h2,5-8,12H,3-4,9-10H2,1H3. The first-order valence-electron chi connectivity index (χ1n) is 6.99. The topological polar surface area (TPSA) is 50.3 Å². The van der Waals surface area contributed by atoms with Crippen LogP contribution in [0.2, 0.25) is 0 Å². The van der Waals surface area contributed by atoms with Crippen LogP contribution in [0.3, 0.4) is 0 Å². The Hall–Kier alpha value is -0.980. The normalized spacial score (nSPS) is 20.8. The lowest BCUT2D eigenvalue weighted by Crippen LogP contribution is -2.40. The molecule has 1 aliphatic heterocycles. The number of benzene rings is 1. The molecule has 6 heteroatoms. The second-order valence-electron chi connectivity index (χ2n) is 5.38. The molecule has 0 N–H and O–H groups in total. The van der Waals surface area contributed by atoms with Crippen LogP contribution < -0.4 is 0 Å². The molecular weight excluding hydrogens is 352 g/mol. The highest BCUT2D eigenvalue weighted by Gasteiger charge is 2.30. The summed E-state index contributed by atoms with van der Waals surface area (Å²) in [7, 11) is -3.47. The summed E-state index contributed by atoms with van der Waals surface area (Å²) in [6, 6.07) is 7.15. The molecule has 1 aromatic heterocycles. The number of nitrogens with zero attached hydrogens (tertiary/aromatic N) is 2. The first-order chi connectivity index (χ1) is 10.00. The molecule has 1 aliphatic rings. The molecule has 1 fully saturated rings. The molecular formula is C15H17BrN2O2S. The number of aromatic nitrogens is 1. The molecule has 1 unspecified atom stereocenters. The zero-order valence-corrected chi connectivity index (χ0v) is 14.2. The number of fused-ring (bicyclic) bond motifs is 1. The zero-order valence-electron chi connectivity index (χ0n) is 11.8. The van der Waals surface area contributed by atoms with Crippen molar-refractivity contribution in [3.8, 4) is 0 Å². The van der Waals surface area contributed by atoms with Crippen molar-refractivity contribution in [2.24, 2.45) is 0 Å². The van der Waals surface area contributed by atoms with Gasteiger partial charge in [0.05, 0.1) is 10.4 Å². The number of alkyl halides is 1. The lowest BCUT2D eigenvalue weighted by molar-refractivity contribution is 0.356. The van der Waals surface area contributed by atoms with Crippen molar-refractivity contribution in [2.75, 3.05) is 13.1 Å². The van der Waals surface area contributed by atoms with Crippen molar-refractivity contribution in [1.82, 2.24) is 9.29 Å². The second-order valence-corrected chi connectivity index (χ2v) is 8.58. The number of rotatable bonds is 2. The van der Waals surface area contributed by atoms with Gasteiger partial charge >= 0.3 is 0 Å². The number of aryl methyl sites for hydroxylation is 1. The van der Waals surface area contributed by atoms with Crippen molar-refractivity contribution < 1.29 is 8.42 Å². The van der Waals surface area contributed by atoms with Crippen molar-refractivity contribution in [3.63, 3.8) is 0 Å². The Morgan fingerprint density at radius 2 is 2.14 bits per heavy atom. The monoisotopic (exact) mass is 368 g/mol. The van der Waals surface area contributed by atoms with Crippen molar-refractivity contribution >= 4 is 36.9 Å². The zero-order chi connectivity index (χ0) is 15.0. The Balaban J connectivity index is 2.13. The molecule has 0 spiro atoms. The molecule has 21 heavy (non-hydrogen) atoms. The molecule has 3 rings (SSSR count). The molecule has 112 valence electrons. The summed E-state index contributed by atoms with van der Waals surface area (Å²) in [5.74, 6) is 0. The third-order valence-electron chi connectivity index (χ3n) is 3.88. The molecule has 0 amide bonds. The van der Waals surface area contributed by atoms with Gasteiger partial charge in [-0.05, 0) is 43.5 Å². The van der Waals surface area contributed by atoms with Crippen LogP contribution >= 0.6 is 15.9 Å². The minimum atomic E-state index is -3.47. The fraction of sp³-hybridized carbons (Fsp3) is 0.400. The van der Waals surface area contributed by atoms with Crippen molar-refractivity contribution in [3.05, 3.63) is 36.0 Å². The van der Waals surface area contributed by atoms with E-state index in [-0.39, 0.29) is 4.83 Å². The summed E-state index contributed by atoms with van der Waals surface area (Å²) < 4.78 is 27.4. The largest absolute Gasteiger partial charge is 0.256 e. The molecule has 0 bridgehead atoms. The van der Waals surface area contributed by atoms with Crippen molar-refractivity contribution in [1.29, 1.82) is 0 Å². The van der Waals surface area contributed by atoms with Crippen LogP contribution in [-0.2, 0) is 10.0 Å². The molecule has 2 aromatic rings. The van der Waals surface area contributed by atoms with Gasteiger partial charge in [0.1, 0.15) is 0 Å². The summed E-state index contributed by atoms with van der Waals surface area (Å²) in [5.41, 5.74) is 1.74. The molecule has 2 heterocycles. The Kier molecular flexibility index (Phi) is 4.03. The fourth-order valence-electron chi connectivity index (χ4n) is 2.76. The molecule has 0 saturated carbocycles. The first-order valence-corrected chi connectivity index (χ1v) is 9.34. The Labute approximate surface area is 133 Å². The third kappa shape index (κ3) is 2.72. The van der Waals surface area contributed by atoms with Gasteiger partial charge in [-0.25, -0.2) is 8.42 Å². The van der Waals surface area contributed by atoms with Gasteiger partial charge in [0, 0.05) is 29.5 Å². The van der Waals surface area contributed by atoms with E-state index in [1.165, 1.54) is 0 Å². The molecule has 1 aromatic carbocycles. The van der Waals surface area contributed by atoms with E-state index in [1.54, 1.807) is 22.6 Å². The van der Waals surface area contributed by atoms with Crippen LogP contribution in [0.25, 0.3) is 10.9 Å². The third-order valence-corrected chi connectivity index (χ3v) is 6.55. The van der Waals surface area contributed by atoms with E-state index in [0.717, 1.165) is 23.9 Å². The van der Waals surface area contributed by atoms with Crippen molar-refractivity contribution in [2.45, 2.75) is 29.5 Å². The average molecular weight is 369 g/mol. The van der Waals surface area contributed by atoms with Gasteiger partial charge in [0.15, 0.2) is 0 Å². The number of halogens is 1. The van der Waals surface area contributed by atoms with Crippen LogP contribution in [0.4, 0.5) is 0 Å². The van der Waals surface area contributed by atoms with Gasteiger partial charge in [0.25, 0.3) is 0 Å². The highest BCUT2D eigenvalue weighted by atomic mass is 79.9. The summed E-state index contributed by atoms with van der Waals surface area (Å²) in [6.07, 6.45) is 3.60. The molecule has 0 aliphatic carbocycles. The number of sulfonamides is 1. The van der Waals surface area contributed by atoms with Gasteiger partial charge in [0.2, 0.25) is 10.0 Å². The van der Waals surface area contributed by atoms with Crippen LogP contribution in [0, 0.1) is 6.92 Å². The predicted molar refractivity (Wildman–Crippen MR) is 87.2 cm³/mol. The molecule has 1 atom stereocenters. The van der Waals surface area contributed by atoms with E-state index in [4.69, 9.17) is 0 Å². The lowest BCUT2D eigenvalue weighted by Gasteiger charge is -2.29. The first kappa shape index (κ1) is 14.9. The van der Waals surface area contributed by atoms with E-state index in [0.29, 0.717) is 23.4 Å². The number of piperidine rings is 1. The molecule has 0 radical (unpaired) electrons. The minimum Gasteiger partial charge on any atom is -0.256 e. The average Bonchev–Trinajstić information content (AvgIpc) is 2.47. The maximum atomic E-state index is 12.9. The van der Waals surface area contributed by atoms with E-state index in [1.807, 2.05) is 19.1 Å². The second kappa shape index (κ2) is 5.66. The smallest absolute Gasteiger partial charge is 0.243 e. The Bertz CT molecular complexity index is 776. The number of hydrogen-bond acceptors (Lipinski definition) is 3. The Morgan fingerprint density at radius 3 is 2.90 bits per heavy atom. The van der Waals surface area contributed by atoms with E-state index >= 15 is 0 Å². The maximum Gasteiger partial charge on any atom is 0.243 e. The van der Waals surface area contributed by atoms with Gasteiger partial charge in [-0.15, -0.1) is 0 Å². The summed E-state index contributed by atoms with van der Waals surface area (Å²) in [4.78, 5) is 4.91. The van der Waals surface area contributed by atoms with E-state index in [2.05, 4.69) is 20.9 Å². The van der Waals surface area contributed by atoms with E-state index < -0.39 is 10.0 Å². The van der Waals surface area contributed by atoms with Gasteiger partial charge in [-0.1, -0.05) is 22.0 Å². The van der Waals surface area contributed by atoms with Crippen LogP contribution in [-0.4, -0.2) is 35.6 Å². The van der Waals surface area contributed by atoms with Gasteiger partial charge in [-0.3, -0.25) is 4.98 Å². The van der Waals surface area contributed by atoms with E-state index in [9.17, 15) is 8.42 Å². The van der Waals surface area contributed by atoms with Crippen LogP contribution in [0.5, 0.6) is 0 Å². The SMILES string of the molecule is Cc1ccc(S(=O)(=O)N2CCCC(Br)C2)c2cccnc12. The quantitative estimate of drug-likeness (QED) is 0.765. The maximum absolute atomic E-state index is 12.9. The number of pyridine rings is 1. The Morgan fingerprint density at radius 1 is 1.33 bits per heavy atom. The summed E-state index contributed by atoms with van der Waals surface area (Å²) in [5, 5.41) is 0.703.